The first-order valence-electron chi connectivity index (χ1n) is 4.26. The maximum absolute atomic E-state index is 3.90. The Balaban J connectivity index is 2.42. The third-order valence-electron chi connectivity index (χ3n) is 2.30. The minimum atomic E-state index is 0.568. The highest BCUT2D eigenvalue weighted by Crippen LogP contribution is 2.22. The predicted molar refractivity (Wildman–Crippen MR) is 48.5 cm³/mol. The van der Waals surface area contributed by atoms with Crippen LogP contribution in [0.25, 0.3) is 0 Å². The van der Waals surface area contributed by atoms with Gasteiger partial charge in [0.1, 0.15) is 0 Å². The lowest BCUT2D eigenvalue weighted by Crippen LogP contribution is -2.27. The van der Waals surface area contributed by atoms with Crippen molar-refractivity contribution >= 4 is 6.72 Å². The van der Waals surface area contributed by atoms with E-state index in [-0.39, 0.29) is 0 Å². The quantitative estimate of drug-likeness (QED) is 0.448. The molecule has 0 spiro atoms. The highest BCUT2D eigenvalue weighted by atomic mass is 15.4. The fourth-order valence-electron chi connectivity index (χ4n) is 1.67. The van der Waals surface area contributed by atoms with Gasteiger partial charge in [0, 0.05) is 12.9 Å². The zero-order valence-corrected chi connectivity index (χ0v) is 7.00. The molecule has 1 aliphatic carbocycles. The molecule has 0 aromatic heterocycles. The first kappa shape index (κ1) is 8.31. The Morgan fingerprint density at radius 3 is 2.36 bits per heavy atom. The molecule has 0 aromatic carbocycles. The largest absolute Gasteiger partial charge is 0.271 e. The normalized spacial score (nSPS) is 19.3. The Morgan fingerprint density at radius 1 is 1.27 bits per heavy atom. The van der Waals surface area contributed by atoms with Crippen LogP contribution in [0.4, 0.5) is 0 Å². The lowest BCUT2D eigenvalue weighted by atomic mass is 9.95. The Bertz CT molecular complexity index is 128. The summed E-state index contributed by atoms with van der Waals surface area (Å²) < 4.78 is 0. The molecule has 0 unspecified atom stereocenters. The average molecular weight is 152 g/mol. The van der Waals surface area contributed by atoms with Crippen LogP contribution in [-0.4, -0.2) is 17.8 Å². The topological polar surface area (TPSA) is 15.6 Å². The van der Waals surface area contributed by atoms with Crippen molar-refractivity contribution in [1.29, 1.82) is 0 Å². The van der Waals surface area contributed by atoms with E-state index >= 15 is 0 Å². The summed E-state index contributed by atoms with van der Waals surface area (Å²) in [7, 11) is 0. The van der Waals surface area contributed by atoms with Gasteiger partial charge in [-0.25, -0.2) is 0 Å². The minimum absolute atomic E-state index is 0.568. The molecule has 1 saturated carbocycles. The molecule has 0 saturated heterocycles. The fourth-order valence-corrected chi connectivity index (χ4v) is 1.67. The molecular formula is C9H16N2. The SMILES string of the molecule is C=CN(N=C)C1CCCCC1. The van der Waals surface area contributed by atoms with Crippen molar-refractivity contribution in [2.45, 2.75) is 38.1 Å². The van der Waals surface area contributed by atoms with E-state index in [1.807, 2.05) is 5.01 Å². The second kappa shape index (κ2) is 4.16. The van der Waals surface area contributed by atoms with E-state index in [1.165, 1.54) is 32.1 Å². The van der Waals surface area contributed by atoms with Crippen molar-refractivity contribution in [3.8, 4) is 0 Å². The molecule has 62 valence electrons. The molecular weight excluding hydrogens is 136 g/mol. The van der Waals surface area contributed by atoms with Gasteiger partial charge in [0.05, 0.1) is 6.04 Å². The van der Waals surface area contributed by atoms with Gasteiger partial charge in [-0.05, 0) is 12.8 Å². The molecule has 0 amide bonds. The Labute approximate surface area is 68.6 Å². The summed E-state index contributed by atoms with van der Waals surface area (Å²) in [5.41, 5.74) is 0. The van der Waals surface area contributed by atoms with Gasteiger partial charge in [0.25, 0.3) is 0 Å². The highest BCUT2D eigenvalue weighted by Gasteiger charge is 2.16. The third-order valence-corrected chi connectivity index (χ3v) is 2.30. The van der Waals surface area contributed by atoms with Crippen LogP contribution < -0.4 is 0 Å². The summed E-state index contributed by atoms with van der Waals surface area (Å²) in [6.07, 6.45) is 8.27. The van der Waals surface area contributed by atoms with Gasteiger partial charge in [-0.2, -0.15) is 5.10 Å². The molecule has 1 rings (SSSR count). The standard InChI is InChI=1S/C9H16N2/c1-3-11(10-2)9-7-5-4-6-8-9/h3,9H,1-2,4-8H2. The molecule has 11 heavy (non-hydrogen) atoms. The lowest BCUT2D eigenvalue weighted by Gasteiger charge is -2.28. The summed E-state index contributed by atoms with van der Waals surface area (Å²) in [6, 6.07) is 0.568. The number of rotatable bonds is 3. The molecule has 0 atom stereocenters. The van der Waals surface area contributed by atoms with Crippen molar-refractivity contribution in [3.63, 3.8) is 0 Å². The minimum Gasteiger partial charge on any atom is -0.271 e. The van der Waals surface area contributed by atoms with Crippen LogP contribution in [-0.2, 0) is 0 Å². The average Bonchev–Trinajstić information content (AvgIpc) is 2.09. The van der Waals surface area contributed by atoms with Gasteiger partial charge in [0.15, 0.2) is 0 Å². The molecule has 0 N–H and O–H groups in total. The van der Waals surface area contributed by atoms with Crippen LogP contribution in [0, 0.1) is 0 Å². The van der Waals surface area contributed by atoms with E-state index in [0.29, 0.717) is 6.04 Å². The molecule has 0 radical (unpaired) electrons. The monoisotopic (exact) mass is 152 g/mol. The van der Waals surface area contributed by atoms with E-state index in [1.54, 1.807) is 6.20 Å². The molecule has 1 aliphatic rings. The third kappa shape index (κ3) is 2.07. The summed E-state index contributed by atoms with van der Waals surface area (Å²) in [4.78, 5) is 0. The van der Waals surface area contributed by atoms with Crippen LogP contribution >= 0.6 is 0 Å². The Morgan fingerprint density at radius 2 is 1.91 bits per heavy atom. The van der Waals surface area contributed by atoms with Crippen molar-refractivity contribution in [2.24, 2.45) is 5.10 Å². The molecule has 0 bridgehead atoms. The van der Waals surface area contributed by atoms with E-state index in [9.17, 15) is 0 Å². The van der Waals surface area contributed by atoms with Crippen molar-refractivity contribution in [3.05, 3.63) is 12.8 Å². The second-order valence-electron chi connectivity index (χ2n) is 3.00. The number of hydrogen-bond acceptors (Lipinski definition) is 2. The number of hydrogen-bond donors (Lipinski definition) is 0. The molecule has 1 fully saturated rings. The van der Waals surface area contributed by atoms with Crippen LogP contribution in [0.1, 0.15) is 32.1 Å². The van der Waals surface area contributed by atoms with Gasteiger partial charge in [-0.3, -0.25) is 5.01 Å². The smallest absolute Gasteiger partial charge is 0.0518 e. The van der Waals surface area contributed by atoms with Crippen LogP contribution in [0.15, 0.2) is 17.9 Å². The maximum atomic E-state index is 3.90. The van der Waals surface area contributed by atoms with Gasteiger partial charge >= 0.3 is 0 Å². The van der Waals surface area contributed by atoms with E-state index < -0.39 is 0 Å². The fraction of sp³-hybridized carbons (Fsp3) is 0.667. The van der Waals surface area contributed by atoms with E-state index in [4.69, 9.17) is 0 Å². The summed E-state index contributed by atoms with van der Waals surface area (Å²) in [5, 5.41) is 5.78. The van der Waals surface area contributed by atoms with Crippen molar-refractivity contribution < 1.29 is 0 Å². The Kier molecular flexibility index (Phi) is 3.14. The van der Waals surface area contributed by atoms with E-state index in [2.05, 4.69) is 18.4 Å². The number of hydrazone groups is 1. The first-order valence-corrected chi connectivity index (χ1v) is 4.26. The maximum Gasteiger partial charge on any atom is 0.0518 e. The zero-order valence-electron chi connectivity index (χ0n) is 7.00. The van der Waals surface area contributed by atoms with Crippen LogP contribution in [0.3, 0.4) is 0 Å². The van der Waals surface area contributed by atoms with Gasteiger partial charge in [-0.15, -0.1) is 0 Å². The summed E-state index contributed by atoms with van der Waals surface area (Å²) >= 11 is 0. The molecule has 0 heterocycles. The lowest BCUT2D eigenvalue weighted by molar-refractivity contribution is 0.227. The summed E-state index contributed by atoms with van der Waals surface area (Å²) in [5.74, 6) is 0. The van der Waals surface area contributed by atoms with Gasteiger partial charge in [0.2, 0.25) is 0 Å². The van der Waals surface area contributed by atoms with E-state index in [0.717, 1.165) is 0 Å². The molecule has 2 nitrogen and oxygen atoms in total. The van der Waals surface area contributed by atoms with Crippen molar-refractivity contribution in [1.82, 2.24) is 5.01 Å². The highest BCUT2D eigenvalue weighted by molar-refractivity contribution is 5.22. The predicted octanol–water partition coefficient (Wildman–Crippen LogP) is 2.38. The second-order valence-corrected chi connectivity index (χ2v) is 3.00. The van der Waals surface area contributed by atoms with Gasteiger partial charge in [-0.1, -0.05) is 25.8 Å². The zero-order chi connectivity index (χ0) is 8.10. The molecule has 0 aliphatic heterocycles. The first-order chi connectivity index (χ1) is 5.38. The number of nitrogens with zero attached hydrogens (tertiary/aromatic N) is 2. The summed E-state index contributed by atoms with van der Waals surface area (Å²) in [6.45, 7) is 7.21. The van der Waals surface area contributed by atoms with Crippen LogP contribution in [0.2, 0.25) is 0 Å². The molecule has 2 heteroatoms. The van der Waals surface area contributed by atoms with Crippen molar-refractivity contribution in [2.75, 3.05) is 0 Å². The van der Waals surface area contributed by atoms with Crippen LogP contribution in [0.5, 0.6) is 0 Å². The van der Waals surface area contributed by atoms with Gasteiger partial charge < -0.3 is 0 Å². The molecule has 0 aromatic rings. The Hall–Kier alpha value is -0.790.